The van der Waals surface area contributed by atoms with Gasteiger partial charge in [0, 0.05) is 17.3 Å². The van der Waals surface area contributed by atoms with Crippen LogP contribution in [-0.2, 0) is 11.2 Å². The number of nitrogens with zero attached hydrogens (tertiary/aromatic N) is 1. The van der Waals surface area contributed by atoms with Gasteiger partial charge in [0.05, 0.1) is 12.5 Å². The fourth-order valence-electron chi connectivity index (χ4n) is 3.00. The number of fused-ring (bicyclic) bond motifs is 1. The van der Waals surface area contributed by atoms with Crippen LogP contribution in [0.3, 0.4) is 0 Å². The van der Waals surface area contributed by atoms with Crippen LogP contribution in [0.1, 0.15) is 23.6 Å². The first-order chi connectivity index (χ1) is 11.5. The Morgan fingerprint density at radius 3 is 2.58 bits per heavy atom. The number of carbonyl (C=O) groups excluding carboxylic acids is 2. The largest absolute Gasteiger partial charge is 0.352 e. The standard InChI is InChI=1S/C18H18ClN3O2/c19-14-7-5-12(6-8-14)15(21-18(20)24)11-17(23)22-10-9-13-3-1-2-4-16(13)22/h1-8,15H,9-11H2,(H3,20,21,24)/t15-/m1/s1. The Hall–Kier alpha value is -2.53. The van der Waals surface area contributed by atoms with Crippen molar-refractivity contribution in [2.75, 3.05) is 11.4 Å². The van der Waals surface area contributed by atoms with Gasteiger partial charge in [0.1, 0.15) is 0 Å². The van der Waals surface area contributed by atoms with Gasteiger partial charge in [0.25, 0.3) is 0 Å². The molecular weight excluding hydrogens is 326 g/mol. The van der Waals surface area contributed by atoms with Gasteiger partial charge in [-0.2, -0.15) is 0 Å². The summed E-state index contributed by atoms with van der Waals surface area (Å²) in [5.74, 6) is -0.0475. The number of nitrogens with two attached hydrogens (primary N) is 1. The molecule has 6 heteroatoms. The van der Waals surface area contributed by atoms with Crippen molar-refractivity contribution in [3.05, 3.63) is 64.7 Å². The van der Waals surface area contributed by atoms with Crippen molar-refractivity contribution in [3.63, 3.8) is 0 Å². The Balaban J connectivity index is 1.79. The average molecular weight is 344 g/mol. The molecule has 3 amide bonds. The number of rotatable bonds is 4. The van der Waals surface area contributed by atoms with Crippen molar-refractivity contribution >= 4 is 29.2 Å². The highest BCUT2D eigenvalue weighted by atomic mass is 35.5. The Bertz CT molecular complexity index is 761. The summed E-state index contributed by atoms with van der Waals surface area (Å²) in [4.78, 5) is 25.8. The second-order valence-corrected chi connectivity index (χ2v) is 6.18. The molecule has 124 valence electrons. The fraction of sp³-hybridized carbons (Fsp3) is 0.222. The van der Waals surface area contributed by atoms with Gasteiger partial charge >= 0.3 is 6.03 Å². The smallest absolute Gasteiger partial charge is 0.312 e. The van der Waals surface area contributed by atoms with Crippen LogP contribution in [0.15, 0.2) is 48.5 Å². The van der Waals surface area contributed by atoms with Crippen LogP contribution in [0.2, 0.25) is 5.02 Å². The summed E-state index contributed by atoms with van der Waals surface area (Å²) in [5, 5.41) is 3.24. The molecule has 1 aliphatic heterocycles. The van der Waals surface area contributed by atoms with Crippen molar-refractivity contribution in [2.45, 2.75) is 18.9 Å². The Kier molecular flexibility index (Phi) is 4.71. The zero-order valence-corrected chi connectivity index (χ0v) is 13.8. The van der Waals surface area contributed by atoms with Crippen LogP contribution >= 0.6 is 11.6 Å². The molecular formula is C18H18ClN3O2. The van der Waals surface area contributed by atoms with Gasteiger partial charge in [0.2, 0.25) is 5.91 Å². The summed E-state index contributed by atoms with van der Waals surface area (Å²) in [6.45, 7) is 0.655. The SMILES string of the molecule is NC(=O)N[C@H](CC(=O)N1CCc2ccccc21)c1ccc(Cl)cc1. The molecule has 0 aromatic heterocycles. The van der Waals surface area contributed by atoms with E-state index in [1.54, 1.807) is 29.2 Å². The van der Waals surface area contributed by atoms with Crippen molar-refractivity contribution in [1.82, 2.24) is 5.32 Å². The molecule has 0 bridgehead atoms. The second kappa shape index (κ2) is 6.93. The number of amides is 3. The van der Waals surface area contributed by atoms with E-state index in [4.69, 9.17) is 17.3 Å². The summed E-state index contributed by atoms with van der Waals surface area (Å²) in [6.07, 6.45) is 0.982. The molecule has 1 heterocycles. The van der Waals surface area contributed by atoms with E-state index < -0.39 is 12.1 Å². The lowest BCUT2D eigenvalue weighted by Gasteiger charge is -2.22. The molecule has 2 aromatic rings. The van der Waals surface area contributed by atoms with E-state index in [-0.39, 0.29) is 12.3 Å². The van der Waals surface area contributed by atoms with E-state index in [1.165, 1.54) is 0 Å². The van der Waals surface area contributed by atoms with Crippen molar-refractivity contribution in [1.29, 1.82) is 0 Å². The van der Waals surface area contributed by atoms with Gasteiger partial charge in [-0.3, -0.25) is 4.79 Å². The van der Waals surface area contributed by atoms with Gasteiger partial charge in [-0.15, -0.1) is 0 Å². The van der Waals surface area contributed by atoms with Crippen molar-refractivity contribution in [2.24, 2.45) is 5.73 Å². The maximum atomic E-state index is 12.7. The van der Waals surface area contributed by atoms with Crippen LogP contribution in [0, 0.1) is 0 Å². The molecule has 2 aromatic carbocycles. The van der Waals surface area contributed by atoms with Gasteiger partial charge in [0.15, 0.2) is 0 Å². The predicted molar refractivity (Wildman–Crippen MR) is 94.0 cm³/mol. The number of nitrogens with one attached hydrogen (secondary N) is 1. The fourth-order valence-corrected chi connectivity index (χ4v) is 3.13. The van der Waals surface area contributed by atoms with E-state index >= 15 is 0 Å². The van der Waals surface area contributed by atoms with Crippen molar-refractivity contribution < 1.29 is 9.59 Å². The Labute approximate surface area is 145 Å². The maximum Gasteiger partial charge on any atom is 0.312 e. The summed E-state index contributed by atoms with van der Waals surface area (Å²) < 4.78 is 0. The van der Waals surface area contributed by atoms with Crippen LogP contribution < -0.4 is 16.0 Å². The van der Waals surface area contributed by atoms with Crippen LogP contribution in [-0.4, -0.2) is 18.5 Å². The molecule has 5 nitrogen and oxygen atoms in total. The van der Waals surface area contributed by atoms with E-state index in [2.05, 4.69) is 5.32 Å². The first-order valence-corrected chi connectivity index (χ1v) is 8.12. The number of hydrogen-bond acceptors (Lipinski definition) is 2. The molecule has 0 saturated heterocycles. The van der Waals surface area contributed by atoms with Crippen LogP contribution in [0.5, 0.6) is 0 Å². The second-order valence-electron chi connectivity index (χ2n) is 5.74. The summed E-state index contributed by atoms with van der Waals surface area (Å²) >= 11 is 5.90. The van der Waals surface area contributed by atoms with Crippen LogP contribution in [0.25, 0.3) is 0 Å². The molecule has 3 N–H and O–H groups in total. The molecule has 1 aliphatic rings. The van der Waals surface area contributed by atoms with E-state index in [9.17, 15) is 9.59 Å². The lowest BCUT2D eigenvalue weighted by molar-refractivity contribution is -0.119. The summed E-state index contributed by atoms with van der Waals surface area (Å²) in [6, 6.07) is 13.7. The number of urea groups is 1. The highest BCUT2D eigenvalue weighted by Gasteiger charge is 2.27. The number of primary amides is 1. The normalized spacial score (nSPS) is 14.1. The Morgan fingerprint density at radius 1 is 1.17 bits per heavy atom. The first kappa shape index (κ1) is 16.3. The summed E-state index contributed by atoms with van der Waals surface area (Å²) in [5.41, 5.74) is 8.16. The average Bonchev–Trinajstić information content (AvgIpc) is 2.98. The van der Waals surface area contributed by atoms with E-state index in [0.717, 1.165) is 23.2 Å². The minimum Gasteiger partial charge on any atom is -0.352 e. The third-order valence-corrected chi connectivity index (χ3v) is 4.41. The molecule has 24 heavy (non-hydrogen) atoms. The predicted octanol–water partition coefficient (Wildman–Crippen LogP) is 3.03. The molecule has 0 unspecified atom stereocenters. The maximum absolute atomic E-state index is 12.7. The van der Waals surface area contributed by atoms with Gasteiger partial charge in [-0.1, -0.05) is 41.9 Å². The monoisotopic (exact) mass is 343 g/mol. The number of carbonyl (C=O) groups is 2. The van der Waals surface area contributed by atoms with E-state index in [0.29, 0.717) is 11.6 Å². The van der Waals surface area contributed by atoms with Crippen molar-refractivity contribution in [3.8, 4) is 0 Å². The number of benzene rings is 2. The van der Waals surface area contributed by atoms with Gasteiger partial charge < -0.3 is 16.0 Å². The van der Waals surface area contributed by atoms with E-state index in [1.807, 2.05) is 24.3 Å². The number of anilines is 1. The number of hydrogen-bond donors (Lipinski definition) is 2. The zero-order chi connectivity index (χ0) is 17.1. The highest BCUT2D eigenvalue weighted by Crippen LogP contribution is 2.29. The summed E-state index contributed by atoms with van der Waals surface area (Å²) in [7, 11) is 0. The molecule has 0 spiro atoms. The topological polar surface area (TPSA) is 75.4 Å². The minimum atomic E-state index is -0.662. The van der Waals surface area contributed by atoms with Gasteiger partial charge in [-0.05, 0) is 35.7 Å². The third kappa shape index (κ3) is 3.51. The first-order valence-electron chi connectivity index (χ1n) is 7.74. The molecule has 0 fully saturated rings. The lowest BCUT2D eigenvalue weighted by Crippen LogP contribution is -2.38. The molecule has 0 aliphatic carbocycles. The minimum absolute atomic E-state index is 0.0475. The number of halogens is 1. The third-order valence-electron chi connectivity index (χ3n) is 4.16. The Morgan fingerprint density at radius 2 is 1.88 bits per heavy atom. The highest BCUT2D eigenvalue weighted by molar-refractivity contribution is 6.30. The molecule has 3 rings (SSSR count). The molecule has 0 saturated carbocycles. The number of para-hydroxylation sites is 1. The molecule has 1 atom stereocenters. The lowest BCUT2D eigenvalue weighted by atomic mass is 10.0. The van der Waals surface area contributed by atoms with Gasteiger partial charge in [-0.25, -0.2) is 4.79 Å². The zero-order valence-electron chi connectivity index (χ0n) is 13.0. The van der Waals surface area contributed by atoms with Crippen LogP contribution in [0.4, 0.5) is 10.5 Å². The molecule has 0 radical (unpaired) electrons. The quantitative estimate of drug-likeness (QED) is 0.895.